The molecule has 0 heterocycles. The monoisotopic (exact) mass is 200 g/mol. The standard InChI is InChI=1S/C15H20/c1-14(2)10-9-12-7-5-6-8-13(12)15(3,4)11-14/h5-10H,11H2,1-4H3. The Morgan fingerprint density at radius 1 is 1.00 bits per heavy atom. The first-order valence-corrected chi connectivity index (χ1v) is 5.70. The van der Waals surface area contributed by atoms with Crippen molar-refractivity contribution in [2.24, 2.45) is 5.41 Å². The maximum absolute atomic E-state index is 2.35. The molecular weight excluding hydrogens is 180 g/mol. The lowest BCUT2D eigenvalue weighted by atomic mass is 9.72. The van der Waals surface area contributed by atoms with Gasteiger partial charge in [0.05, 0.1) is 0 Å². The van der Waals surface area contributed by atoms with E-state index in [2.05, 4.69) is 64.1 Å². The molecule has 2 rings (SSSR count). The molecule has 0 spiro atoms. The van der Waals surface area contributed by atoms with Crippen LogP contribution in [0.2, 0.25) is 0 Å². The summed E-state index contributed by atoms with van der Waals surface area (Å²) in [6, 6.07) is 8.75. The SMILES string of the molecule is CC1(C)C=Cc2ccccc2C(C)(C)C1. The summed E-state index contributed by atoms with van der Waals surface area (Å²) in [5.74, 6) is 0. The van der Waals surface area contributed by atoms with Crippen molar-refractivity contribution in [1.29, 1.82) is 0 Å². The van der Waals surface area contributed by atoms with Crippen LogP contribution in [0.25, 0.3) is 6.08 Å². The van der Waals surface area contributed by atoms with Gasteiger partial charge in [0.1, 0.15) is 0 Å². The van der Waals surface area contributed by atoms with Crippen LogP contribution in [0.15, 0.2) is 30.3 Å². The zero-order chi connectivity index (χ0) is 11.1. The van der Waals surface area contributed by atoms with E-state index < -0.39 is 0 Å². The van der Waals surface area contributed by atoms with E-state index >= 15 is 0 Å². The van der Waals surface area contributed by atoms with Gasteiger partial charge in [0.25, 0.3) is 0 Å². The predicted molar refractivity (Wildman–Crippen MR) is 66.9 cm³/mol. The third-order valence-corrected chi connectivity index (χ3v) is 3.30. The van der Waals surface area contributed by atoms with Crippen LogP contribution >= 0.6 is 0 Å². The van der Waals surface area contributed by atoms with Gasteiger partial charge in [-0.25, -0.2) is 0 Å². The molecule has 1 aliphatic carbocycles. The highest BCUT2D eigenvalue weighted by Gasteiger charge is 2.31. The van der Waals surface area contributed by atoms with E-state index in [4.69, 9.17) is 0 Å². The van der Waals surface area contributed by atoms with Gasteiger partial charge in [-0.05, 0) is 28.4 Å². The molecular formula is C15H20. The molecule has 0 radical (unpaired) electrons. The van der Waals surface area contributed by atoms with Gasteiger partial charge in [-0.15, -0.1) is 0 Å². The Labute approximate surface area is 93.0 Å². The molecule has 80 valence electrons. The Morgan fingerprint density at radius 2 is 1.67 bits per heavy atom. The summed E-state index contributed by atoms with van der Waals surface area (Å²) in [6.45, 7) is 9.33. The first kappa shape index (κ1) is 10.5. The highest BCUT2D eigenvalue weighted by Crippen LogP contribution is 2.41. The molecule has 0 saturated heterocycles. The zero-order valence-electron chi connectivity index (χ0n) is 10.2. The van der Waals surface area contributed by atoms with Crippen LogP contribution in [0, 0.1) is 5.41 Å². The summed E-state index contributed by atoms with van der Waals surface area (Å²) in [7, 11) is 0. The Bertz CT molecular complexity index is 394. The van der Waals surface area contributed by atoms with E-state index in [1.165, 1.54) is 17.5 Å². The van der Waals surface area contributed by atoms with E-state index in [1.807, 2.05) is 0 Å². The second-order valence-corrected chi connectivity index (χ2v) is 5.97. The molecule has 15 heavy (non-hydrogen) atoms. The third-order valence-electron chi connectivity index (χ3n) is 3.30. The number of hydrogen-bond acceptors (Lipinski definition) is 0. The van der Waals surface area contributed by atoms with Gasteiger partial charge < -0.3 is 0 Å². The van der Waals surface area contributed by atoms with Gasteiger partial charge in [0, 0.05) is 0 Å². The molecule has 0 fully saturated rings. The summed E-state index contributed by atoms with van der Waals surface area (Å²) < 4.78 is 0. The Hall–Kier alpha value is -1.04. The minimum Gasteiger partial charge on any atom is -0.0782 e. The number of benzene rings is 1. The van der Waals surface area contributed by atoms with Crippen LogP contribution in [-0.4, -0.2) is 0 Å². The van der Waals surface area contributed by atoms with E-state index in [1.54, 1.807) is 0 Å². The number of allylic oxidation sites excluding steroid dienone is 1. The average molecular weight is 200 g/mol. The molecule has 1 aliphatic rings. The second-order valence-electron chi connectivity index (χ2n) is 5.97. The maximum Gasteiger partial charge on any atom is -0.00896 e. The van der Waals surface area contributed by atoms with Crippen molar-refractivity contribution in [3.8, 4) is 0 Å². The van der Waals surface area contributed by atoms with Gasteiger partial charge in [-0.3, -0.25) is 0 Å². The molecule has 0 amide bonds. The molecule has 1 aromatic carbocycles. The number of hydrogen-bond donors (Lipinski definition) is 0. The van der Waals surface area contributed by atoms with E-state index in [9.17, 15) is 0 Å². The molecule has 0 N–H and O–H groups in total. The summed E-state index contributed by atoms with van der Waals surface area (Å²) in [4.78, 5) is 0. The smallest absolute Gasteiger partial charge is 0.00896 e. The van der Waals surface area contributed by atoms with E-state index in [0.717, 1.165) is 0 Å². The maximum atomic E-state index is 2.35. The summed E-state index contributed by atoms with van der Waals surface area (Å²) in [5, 5.41) is 0. The van der Waals surface area contributed by atoms with Crippen molar-refractivity contribution in [1.82, 2.24) is 0 Å². The van der Waals surface area contributed by atoms with Crippen molar-refractivity contribution in [2.45, 2.75) is 39.5 Å². The van der Waals surface area contributed by atoms with Crippen molar-refractivity contribution in [3.05, 3.63) is 41.5 Å². The van der Waals surface area contributed by atoms with E-state index in [0.29, 0.717) is 5.41 Å². The van der Waals surface area contributed by atoms with Gasteiger partial charge in [0.15, 0.2) is 0 Å². The predicted octanol–water partition coefficient (Wildman–Crippen LogP) is 4.41. The van der Waals surface area contributed by atoms with Gasteiger partial charge in [-0.2, -0.15) is 0 Å². The molecule has 0 heteroatoms. The van der Waals surface area contributed by atoms with Crippen LogP contribution in [0.3, 0.4) is 0 Å². The average Bonchev–Trinajstić information content (AvgIpc) is 2.22. The summed E-state index contributed by atoms with van der Waals surface area (Å²) >= 11 is 0. The van der Waals surface area contributed by atoms with E-state index in [-0.39, 0.29) is 5.41 Å². The van der Waals surface area contributed by atoms with Gasteiger partial charge in [0.2, 0.25) is 0 Å². The molecule has 0 atom stereocenters. The lowest BCUT2D eigenvalue weighted by molar-refractivity contribution is 0.325. The molecule has 0 unspecified atom stereocenters. The number of fused-ring (bicyclic) bond motifs is 1. The highest BCUT2D eigenvalue weighted by atomic mass is 14.4. The van der Waals surface area contributed by atoms with Crippen molar-refractivity contribution in [2.75, 3.05) is 0 Å². The Kier molecular flexibility index (Phi) is 2.26. The molecule has 0 aromatic heterocycles. The minimum atomic E-state index is 0.267. The van der Waals surface area contributed by atoms with Crippen LogP contribution in [0.4, 0.5) is 0 Å². The third kappa shape index (κ3) is 1.99. The van der Waals surface area contributed by atoms with Crippen molar-refractivity contribution in [3.63, 3.8) is 0 Å². The fourth-order valence-electron chi connectivity index (χ4n) is 2.87. The van der Waals surface area contributed by atoms with Crippen LogP contribution in [0.5, 0.6) is 0 Å². The second kappa shape index (κ2) is 3.23. The van der Waals surface area contributed by atoms with Gasteiger partial charge >= 0.3 is 0 Å². The number of rotatable bonds is 0. The summed E-state index contributed by atoms with van der Waals surface area (Å²) in [5.41, 5.74) is 3.42. The largest absolute Gasteiger partial charge is 0.0782 e. The minimum absolute atomic E-state index is 0.267. The first-order chi connectivity index (χ1) is 6.91. The molecule has 0 saturated carbocycles. The van der Waals surface area contributed by atoms with Crippen molar-refractivity contribution >= 4 is 6.08 Å². The normalized spacial score (nSPS) is 21.9. The quantitative estimate of drug-likeness (QED) is 0.582. The van der Waals surface area contributed by atoms with Gasteiger partial charge in [-0.1, -0.05) is 64.1 Å². The lowest BCUT2D eigenvalue weighted by Gasteiger charge is -2.32. The highest BCUT2D eigenvalue weighted by molar-refractivity contribution is 5.58. The zero-order valence-corrected chi connectivity index (χ0v) is 10.2. The summed E-state index contributed by atoms with van der Waals surface area (Å²) in [6.07, 6.45) is 5.83. The van der Waals surface area contributed by atoms with Crippen LogP contribution in [0.1, 0.15) is 45.2 Å². The lowest BCUT2D eigenvalue weighted by Crippen LogP contribution is -2.24. The molecule has 0 nitrogen and oxygen atoms in total. The topological polar surface area (TPSA) is 0 Å². The fourth-order valence-corrected chi connectivity index (χ4v) is 2.87. The van der Waals surface area contributed by atoms with Crippen LogP contribution in [-0.2, 0) is 5.41 Å². The molecule has 0 aliphatic heterocycles. The first-order valence-electron chi connectivity index (χ1n) is 5.70. The molecule has 0 bridgehead atoms. The van der Waals surface area contributed by atoms with Crippen molar-refractivity contribution < 1.29 is 0 Å². The van der Waals surface area contributed by atoms with Crippen LogP contribution < -0.4 is 0 Å². The Balaban J connectivity index is 2.57. The Morgan fingerprint density at radius 3 is 2.40 bits per heavy atom. The fraction of sp³-hybridized carbons (Fsp3) is 0.467. The molecule has 1 aromatic rings.